The molecule has 0 aliphatic rings. The van der Waals surface area contributed by atoms with Crippen molar-refractivity contribution >= 4 is 26.9 Å². The molecular weight excluding hydrogens is 472 g/mol. The number of aryl methyl sites for hydroxylation is 1. The molecule has 0 bridgehead atoms. The number of pyridine rings is 1. The zero-order valence-electron chi connectivity index (χ0n) is 19.8. The maximum absolute atomic E-state index is 14.6. The van der Waals surface area contributed by atoms with Gasteiger partial charge in [0.15, 0.2) is 23.1 Å². The molecule has 3 aromatic heterocycles. The summed E-state index contributed by atoms with van der Waals surface area (Å²) in [5.74, 6) is -1.42. The summed E-state index contributed by atoms with van der Waals surface area (Å²) in [4.78, 5) is 12.4. The zero-order chi connectivity index (χ0) is 25.5. The van der Waals surface area contributed by atoms with E-state index in [9.17, 15) is 17.2 Å². The summed E-state index contributed by atoms with van der Waals surface area (Å²) in [7, 11) is -4.07. The normalized spacial score (nSPS) is 13.1. The number of halogens is 2. The monoisotopic (exact) mass is 497 g/mol. The summed E-state index contributed by atoms with van der Waals surface area (Å²) in [5.41, 5.74) is 0.805. The molecule has 3 heterocycles. The maximum Gasteiger partial charge on any atom is 0.269 e. The molecular formula is C25H25F2N5O2S. The fraction of sp³-hybridized carbons (Fsp3) is 0.240. The number of anilines is 1. The summed E-state index contributed by atoms with van der Waals surface area (Å²) in [6.07, 6.45) is 4.85. The molecule has 0 amide bonds. The van der Waals surface area contributed by atoms with Crippen molar-refractivity contribution in [1.29, 1.82) is 0 Å². The molecule has 1 atom stereocenters. The third-order valence-electron chi connectivity index (χ3n) is 5.60. The van der Waals surface area contributed by atoms with Gasteiger partial charge in [-0.25, -0.2) is 36.1 Å². The minimum absolute atomic E-state index is 0.00284. The summed E-state index contributed by atoms with van der Waals surface area (Å²) in [5, 5.41) is 3.19. The molecule has 4 aromatic rings. The smallest absolute Gasteiger partial charge is 0.269 e. The fourth-order valence-corrected chi connectivity index (χ4v) is 4.94. The van der Waals surface area contributed by atoms with Gasteiger partial charge in [0, 0.05) is 17.1 Å². The van der Waals surface area contributed by atoms with Gasteiger partial charge in [-0.15, -0.1) is 6.58 Å². The molecule has 1 N–H and O–H groups in total. The van der Waals surface area contributed by atoms with Gasteiger partial charge in [-0.2, -0.15) is 0 Å². The van der Waals surface area contributed by atoms with Gasteiger partial charge in [0.1, 0.15) is 5.82 Å². The van der Waals surface area contributed by atoms with E-state index >= 15 is 0 Å². The highest BCUT2D eigenvalue weighted by atomic mass is 32.2. The van der Waals surface area contributed by atoms with Crippen LogP contribution in [0.2, 0.25) is 0 Å². The van der Waals surface area contributed by atoms with Crippen LogP contribution in [0.15, 0.2) is 66.5 Å². The molecule has 1 aromatic carbocycles. The van der Waals surface area contributed by atoms with E-state index < -0.39 is 21.7 Å². The number of aromatic nitrogens is 4. The first-order chi connectivity index (χ1) is 16.4. The number of benzene rings is 1. The molecule has 7 nitrogen and oxygen atoms in total. The first kappa shape index (κ1) is 24.5. The molecule has 4 rings (SSSR count). The first-order valence-corrected chi connectivity index (χ1v) is 12.3. The minimum Gasteiger partial charge on any atom is -0.361 e. The lowest BCUT2D eigenvalue weighted by atomic mass is 9.87. The molecule has 0 aliphatic carbocycles. The van der Waals surface area contributed by atoms with Crippen molar-refractivity contribution in [3.63, 3.8) is 0 Å². The average Bonchev–Trinajstić information content (AvgIpc) is 3.17. The Morgan fingerprint density at radius 1 is 1.11 bits per heavy atom. The lowest BCUT2D eigenvalue weighted by Crippen LogP contribution is -2.32. The topological polar surface area (TPSA) is 89.8 Å². The van der Waals surface area contributed by atoms with E-state index in [1.807, 2.05) is 27.7 Å². The Balaban J connectivity index is 1.89. The number of hydrogen-bond donors (Lipinski definition) is 1. The standard InChI is InChI=1S/C25H25F2N5O2S/c1-6-21(25(3,4)5)30-23-20(27)13-28-22(31-23)19-14-32(24-18(19)11-16(26)12-29-24)35(33,34)17-9-7-15(2)8-10-17/h6-14,21H,1H2,2-5H3,(H,28,30,31). The van der Waals surface area contributed by atoms with Crippen molar-refractivity contribution < 1.29 is 17.2 Å². The summed E-state index contributed by atoms with van der Waals surface area (Å²) in [6.45, 7) is 11.5. The quantitative estimate of drug-likeness (QED) is 0.362. The van der Waals surface area contributed by atoms with Crippen molar-refractivity contribution in [2.45, 2.75) is 38.6 Å². The number of rotatable bonds is 6. The van der Waals surface area contributed by atoms with Crippen LogP contribution in [0.3, 0.4) is 0 Å². The molecule has 10 heteroatoms. The van der Waals surface area contributed by atoms with E-state index in [0.717, 1.165) is 28.0 Å². The molecule has 0 fully saturated rings. The fourth-order valence-electron chi connectivity index (χ4n) is 3.61. The summed E-state index contributed by atoms with van der Waals surface area (Å²) in [6, 6.07) is 7.16. The summed E-state index contributed by atoms with van der Waals surface area (Å²) < 4.78 is 56.5. The second kappa shape index (κ2) is 8.84. The Bertz CT molecular complexity index is 1520. The molecule has 0 radical (unpaired) electrons. The molecule has 0 aliphatic heterocycles. The Hall–Kier alpha value is -3.66. The minimum atomic E-state index is -4.07. The van der Waals surface area contributed by atoms with Crippen LogP contribution < -0.4 is 5.32 Å². The third kappa shape index (κ3) is 4.66. The molecule has 35 heavy (non-hydrogen) atoms. The molecule has 0 spiro atoms. The van der Waals surface area contributed by atoms with Crippen LogP contribution in [0.5, 0.6) is 0 Å². The van der Waals surface area contributed by atoms with Crippen LogP contribution in [0, 0.1) is 24.0 Å². The van der Waals surface area contributed by atoms with Crippen LogP contribution in [0.25, 0.3) is 22.4 Å². The van der Waals surface area contributed by atoms with E-state index in [0.29, 0.717) is 0 Å². The van der Waals surface area contributed by atoms with Gasteiger partial charge < -0.3 is 5.32 Å². The van der Waals surface area contributed by atoms with Crippen molar-refractivity contribution in [2.24, 2.45) is 5.41 Å². The second-order valence-corrected chi connectivity index (χ2v) is 11.1. The zero-order valence-corrected chi connectivity index (χ0v) is 20.6. The van der Waals surface area contributed by atoms with Gasteiger partial charge in [-0.1, -0.05) is 44.5 Å². The van der Waals surface area contributed by atoms with Gasteiger partial charge in [-0.3, -0.25) is 0 Å². The lowest BCUT2D eigenvalue weighted by molar-refractivity contribution is 0.383. The van der Waals surface area contributed by atoms with Gasteiger partial charge in [0.2, 0.25) is 0 Å². The van der Waals surface area contributed by atoms with Crippen LogP contribution in [-0.2, 0) is 10.0 Å². The number of fused-ring (bicyclic) bond motifs is 1. The van der Waals surface area contributed by atoms with Crippen LogP contribution >= 0.6 is 0 Å². The molecule has 1 unspecified atom stereocenters. The van der Waals surface area contributed by atoms with Crippen LogP contribution in [-0.4, -0.2) is 33.4 Å². The third-order valence-corrected chi connectivity index (χ3v) is 7.27. The second-order valence-electron chi connectivity index (χ2n) is 9.30. The van der Waals surface area contributed by atoms with E-state index in [1.54, 1.807) is 18.2 Å². The highest BCUT2D eigenvalue weighted by Crippen LogP contribution is 2.32. The molecule has 0 saturated heterocycles. The maximum atomic E-state index is 14.6. The van der Waals surface area contributed by atoms with Crippen LogP contribution in [0.1, 0.15) is 26.3 Å². The Labute approximate surface area is 202 Å². The van der Waals surface area contributed by atoms with E-state index in [2.05, 4.69) is 26.8 Å². The molecule has 0 saturated carbocycles. The molecule has 182 valence electrons. The highest BCUT2D eigenvalue weighted by molar-refractivity contribution is 7.90. The largest absolute Gasteiger partial charge is 0.361 e. The van der Waals surface area contributed by atoms with Gasteiger partial charge in [-0.05, 0) is 30.5 Å². The van der Waals surface area contributed by atoms with Gasteiger partial charge in [0.05, 0.1) is 23.3 Å². The average molecular weight is 498 g/mol. The number of nitrogens with zero attached hydrogens (tertiary/aromatic N) is 4. The first-order valence-electron chi connectivity index (χ1n) is 10.8. The Kier molecular flexibility index (Phi) is 6.18. The lowest BCUT2D eigenvalue weighted by Gasteiger charge is -2.29. The van der Waals surface area contributed by atoms with E-state index in [-0.39, 0.29) is 44.6 Å². The van der Waals surface area contributed by atoms with Crippen LogP contribution in [0.4, 0.5) is 14.6 Å². The number of nitrogens with one attached hydrogen (secondary N) is 1. The Morgan fingerprint density at radius 2 is 1.80 bits per heavy atom. The van der Waals surface area contributed by atoms with Crippen molar-refractivity contribution in [1.82, 2.24) is 18.9 Å². The predicted molar refractivity (Wildman–Crippen MR) is 132 cm³/mol. The van der Waals surface area contributed by atoms with E-state index in [1.165, 1.54) is 18.3 Å². The van der Waals surface area contributed by atoms with Crippen molar-refractivity contribution in [3.05, 3.63) is 78.8 Å². The highest BCUT2D eigenvalue weighted by Gasteiger charge is 2.26. The van der Waals surface area contributed by atoms with Gasteiger partial charge in [0.25, 0.3) is 10.0 Å². The summed E-state index contributed by atoms with van der Waals surface area (Å²) >= 11 is 0. The van der Waals surface area contributed by atoms with Crippen molar-refractivity contribution in [3.8, 4) is 11.4 Å². The van der Waals surface area contributed by atoms with E-state index in [4.69, 9.17) is 0 Å². The van der Waals surface area contributed by atoms with Gasteiger partial charge >= 0.3 is 0 Å². The Morgan fingerprint density at radius 3 is 2.43 bits per heavy atom. The number of hydrogen-bond acceptors (Lipinski definition) is 6. The van der Waals surface area contributed by atoms with Crippen molar-refractivity contribution in [2.75, 3.05) is 5.32 Å². The SMILES string of the molecule is C=CC(Nc1nc(-c2cn(S(=O)(=O)c3ccc(C)cc3)c3ncc(F)cc23)ncc1F)C(C)(C)C. The predicted octanol–water partition coefficient (Wildman–Crippen LogP) is 5.33.